The predicted molar refractivity (Wildman–Crippen MR) is 157 cm³/mol. The Hall–Kier alpha value is -3.87. The molecule has 6 rings (SSSR count). The quantitative estimate of drug-likeness (QED) is 0.355. The molecule has 2 unspecified atom stereocenters. The number of para-hydroxylation sites is 1. The van der Waals surface area contributed by atoms with Crippen LogP contribution in [0.1, 0.15) is 37.8 Å². The van der Waals surface area contributed by atoms with Crippen LogP contribution >= 0.6 is 0 Å². The van der Waals surface area contributed by atoms with Gasteiger partial charge in [-0.15, -0.1) is 10.2 Å². The fourth-order valence-electron chi connectivity index (χ4n) is 6.23. The van der Waals surface area contributed by atoms with Crippen molar-refractivity contribution in [3.63, 3.8) is 0 Å². The lowest BCUT2D eigenvalue weighted by atomic mass is 10.1. The molecule has 5 heterocycles. The Balaban J connectivity index is 1.18. The van der Waals surface area contributed by atoms with Gasteiger partial charge in [0.2, 0.25) is 0 Å². The van der Waals surface area contributed by atoms with E-state index in [-0.39, 0.29) is 6.79 Å². The highest BCUT2D eigenvalue weighted by Crippen LogP contribution is 2.39. The molecule has 40 heavy (non-hydrogen) atoms. The maximum atomic E-state index is 6.39. The van der Waals surface area contributed by atoms with E-state index >= 15 is 0 Å². The van der Waals surface area contributed by atoms with Crippen molar-refractivity contribution < 1.29 is 9.47 Å². The Morgan fingerprint density at radius 1 is 1.00 bits per heavy atom. The van der Waals surface area contributed by atoms with Crippen molar-refractivity contribution in [2.45, 2.75) is 44.2 Å². The maximum Gasteiger partial charge on any atom is 0.188 e. The second-order valence-electron chi connectivity index (χ2n) is 10.8. The summed E-state index contributed by atoms with van der Waals surface area (Å²) < 4.78 is 10.9. The molecule has 208 valence electrons. The third-order valence-electron chi connectivity index (χ3n) is 8.13. The van der Waals surface area contributed by atoms with Crippen LogP contribution in [-0.4, -0.2) is 78.8 Å². The van der Waals surface area contributed by atoms with Crippen molar-refractivity contribution >= 4 is 17.2 Å². The molecule has 0 amide bonds. The van der Waals surface area contributed by atoms with E-state index in [0.29, 0.717) is 23.7 Å². The lowest BCUT2D eigenvalue weighted by Gasteiger charge is -2.43. The van der Waals surface area contributed by atoms with Crippen LogP contribution in [0.15, 0.2) is 48.7 Å². The van der Waals surface area contributed by atoms with Gasteiger partial charge in [0, 0.05) is 49.7 Å². The van der Waals surface area contributed by atoms with E-state index in [0.717, 1.165) is 68.2 Å². The number of hydrogen-bond donors (Lipinski definition) is 1. The van der Waals surface area contributed by atoms with Crippen molar-refractivity contribution in [1.82, 2.24) is 20.1 Å². The Morgan fingerprint density at radius 3 is 2.60 bits per heavy atom. The molecule has 3 aliphatic heterocycles. The Morgan fingerprint density at radius 2 is 1.80 bits per heavy atom. The molecule has 1 aromatic carbocycles. The number of methoxy groups -OCH3 is 1. The van der Waals surface area contributed by atoms with Gasteiger partial charge in [0.1, 0.15) is 11.4 Å². The first kappa shape index (κ1) is 26.4. The van der Waals surface area contributed by atoms with Gasteiger partial charge >= 0.3 is 0 Å². The number of pyridine rings is 1. The molecule has 9 nitrogen and oxygen atoms in total. The molecule has 3 aromatic rings. The normalized spacial score (nSPS) is 20.7. The molecule has 3 fully saturated rings. The predicted octanol–water partition coefficient (Wildman–Crippen LogP) is 3.80. The van der Waals surface area contributed by atoms with Gasteiger partial charge in [0.15, 0.2) is 12.6 Å². The number of piperidine rings is 1. The number of ether oxygens (including phenoxy) is 2. The summed E-state index contributed by atoms with van der Waals surface area (Å²) in [6, 6.07) is 14.9. The van der Waals surface area contributed by atoms with Gasteiger partial charge in [-0.05, 0) is 75.0 Å². The lowest BCUT2D eigenvalue weighted by Crippen LogP contribution is -2.54. The van der Waals surface area contributed by atoms with Crippen LogP contribution in [0.25, 0.3) is 11.3 Å². The minimum Gasteiger partial charge on any atom is -0.467 e. The number of nitrogens with two attached hydrogens (primary N) is 1. The first-order valence-corrected chi connectivity index (χ1v) is 14.2. The van der Waals surface area contributed by atoms with E-state index in [1.54, 1.807) is 7.11 Å². The molecule has 0 spiro atoms. The number of likely N-dealkylation sites (tertiary alicyclic amines) is 1. The first-order chi connectivity index (χ1) is 19.7. The number of nitrogens with zero attached hydrogens (tertiary/aromatic N) is 6. The molecular formula is C31H37N7O2. The number of hydrogen-bond acceptors (Lipinski definition) is 9. The SMILES string of the molecule is COCOc1ccccc1-c1cc(N2CC3CCC(C2)N3c2ccnc(C#CCN3CCCCC3)c2)c(N)nn1. The highest BCUT2D eigenvalue weighted by atomic mass is 16.7. The second kappa shape index (κ2) is 12.1. The Labute approximate surface area is 236 Å². The van der Waals surface area contributed by atoms with Gasteiger partial charge in [0.05, 0.1) is 17.9 Å². The third-order valence-corrected chi connectivity index (χ3v) is 8.13. The van der Waals surface area contributed by atoms with Crippen molar-refractivity contribution in [2.24, 2.45) is 0 Å². The first-order valence-electron chi connectivity index (χ1n) is 14.2. The Kier molecular flexibility index (Phi) is 7.98. The monoisotopic (exact) mass is 539 g/mol. The van der Waals surface area contributed by atoms with Crippen LogP contribution in [0.4, 0.5) is 17.2 Å². The van der Waals surface area contributed by atoms with Crippen molar-refractivity contribution in [1.29, 1.82) is 0 Å². The summed E-state index contributed by atoms with van der Waals surface area (Å²) in [7, 11) is 1.61. The zero-order valence-corrected chi connectivity index (χ0v) is 23.1. The van der Waals surface area contributed by atoms with Crippen LogP contribution in [-0.2, 0) is 4.74 Å². The van der Waals surface area contributed by atoms with Crippen LogP contribution in [0, 0.1) is 11.8 Å². The number of nitrogen functional groups attached to an aromatic ring is 1. The standard InChI is InChI=1S/C31H37N7O2/c1-39-22-40-30-10-4-3-9-27(30)28-19-29(31(32)35-34-28)37-20-25-11-12-26(21-37)38(25)24-13-14-33-23(18-24)8-7-17-36-15-5-2-6-16-36/h3-4,9-10,13-14,18-19,25-26H,2,5-6,11-12,15-17,20-22H2,1H3,(H2,32,35). The number of rotatable bonds is 7. The molecule has 2 bridgehead atoms. The van der Waals surface area contributed by atoms with E-state index in [1.165, 1.54) is 24.9 Å². The molecule has 0 saturated carbocycles. The molecular weight excluding hydrogens is 502 g/mol. The summed E-state index contributed by atoms with van der Waals surface area (Å²) in [4.78, 5) is 11.9. The van der Waals surface area contributed by atoms with E-state index in [1.807, 2.05) is 36.5 Å². The number of fused-ring (bicyclic) bond motifs is 2. The van der Waals surface area contributed by atoms with Gasteiger partial charge in [-0.1, -0.05) is 24.5 Å². The number of anilines is 3. The van der Waals surface area contributed by atoms with Crippen molar-refractivity contribution in [3.05, 3.63) is 54.4 Å². The van der Waals surface area contributed by atoms with Crippen molar-refractivity contribution in [2.75, 3.05) is 62.2 Å². The Bertz CT molecular complexity index is 1370. The van der Waals surface area contributed by atoms with E-state index in [9.17, 15) is 0 Å². The van der Waals surface area contributed by atoms with Gasteiger partial charge in [-0.2, -0.15) is 0 Å². The molecule has 0 radical (unpaired) electrons. The number of piperazine rings is 1. The van der Waals surface area contributed by atoms with Gasteiger partial charge in [-0.3, -0.25) is 4.90 Å². The van der Waals surface area contributed by atoms with Crippen LogP contribution < -0.4 is 20.3 Å². The lowest BCUT2D eigenvalue weighted by molar-refractivity contribution is 0.0515. The molecule has 9 heteroatoms. The molecule has 2 aromatic heterocycles. The van der Waals surface area contributed by atoms with Crippen molar-refractivity contribution in [3.8, 4) is 28.8 Å². The summed E-state index contributed by atoms with van der Waals surface area (Å²) >= 11 is 0. The minimum atomic E-state index is 0.165. The van der Waals surface area contributed by atoms with Gasteiger partial charge in [0.25, 0.3) is 0 Å². The molecule has 2 atom stereocenters. The fourth-order valence-corrected chi connectivity index (χ4v) is 6.23. The maximum absolute atomic E-state index is 6.39. The van der Waals surface area contributed by atoms with E-state index in [4.69, 9.17) is 15.2 Å². The van der Waals surface area contributed by atoms with E-state index in [2.05, 4.69) is 53.9 Å². The average molecular weight is 540 g/mol. The summed E-state index contributed by atoms with van der Waals surface area (Å²) in [5.74, 6) is 7.81. The van der Waals surface area contributed by atoms with Crippen LogP contribution in [0.3, 0.4) is 0 Å². The molecule has 3 aliphatic rings. The summed E-state index contributed by atoms with van der Waals surface area (Å²) in [5, 5.41) is 8.73. The summed E-state index contributed by atoms with van der Waals surface area (Å²) in [6.45, 7) is 5.03. The molecule has 3 saturated heterocycles. The molecule has 0 aliphatic carbocycles. The van der Waals surface area contributed by atoms with Gasteiger partial charge < -0.3 is 25.0 Å². The fraction of sp³-hybridized carbons (Fsp3) is 0.452. The van der Waals surface area contributed by atoms with Crippen LogP contribution in [0.2, 0.25) is 0 Å². The zero-order valence-electron chi connectivity index (χ0n) is 23.1. The topological polar surface area (TPSA) is 92.9 Å². The highest BCUT2D eigenvalue weighted by Gasteiger charge is 2.40. The zero-order chi connectivity index (χ0) is 27.3. The molecule has 2 N–H and O–H groups in total. The van der Waals surface area contributed by atoms with Gasteiger partial charge in [-0.25, -0.2) is 4.98 Å². The van der Waals surface area contributed by atoms with Crippen LogP contribution in [0.5, 0.6) is 5.75 Å². The number of aromatic nitrogens is 3. The largest absolute Gasteiger partial charge is 0.467 e. The third kappa shape index (κ3) is 5.69. The van der Waals surface area contributed by atoms with E-state index < -0.39 is 0 Å². The highest BCUT2D eigenvalue weighted by molar-refractivity contribution is 5.74. The smallest absolute Gasteiger partial charge is 0.188 e. The number of benzene rings is 1. The summed E-state index contributed by atoms with van der Waals surface area (Å²) in [5.41, 5.74) is 10.9. The second-order valence-corrected chi connectivity index (χ2v) is 10.8. The average Bonchev–Trinajstić information content (AvgIpc) is 3.26. The summed E-state index contributed by atoms with van der Waals surface area (Å²) in [6.07, 6.45) is 8.07. The minimum absolute atomic E-state index is 0.165.